The lowest BCUT2D eigenvalue weighted by atomic mass is 10.3. The van der Waals surface area contributed by atoms with E-state index in [1.165, 1.54) is 4.31 Å². The minimum absolute atomic E-state index is 0.108. The monoisotopic (exact) mass is 300 g/mol. The van der Waals surface area contributed by atoms with Crippen LogP contribution >= 0.6 is 0 Å². The molecule has 0 aliphatic heterocycles. The molecule has 0 radical (unpaired) electrons. The first-order valence-corrected chi connectivity index (χ1v) is 8.22. The first-order chi connectivity index (χ1) is 9.43. The van der Waals surface area contributed by atoms with E-state index in [-0.39, 0.29) is 6.04 Å². The van der Waals surface area contributed by atoms with Crippen LogP contribution in [-0.2, 0) is 14.8 Å². The van der Waals surface area contributed by atoms with E-state index in [0.717, 1.165) is 12.2 Å². The molecule has 0 heterocycles. The van der Waals surface area contributed by atoms with Gasteiger partial charge in [-0.15, -0.1) is 0 Å². The van der Waals surface area contributed by atoms with Gasteiger partial charge >= 0.3 is 0 Å². The zero-order valence-corrected chi connectivity index (χ0v) is 13.4. The highest BCUT2D eigenvalue weighted by Gasteiger charge is 2.26. The minimum Gasteiger partial charge on any atom is -0.385 e. The summed E-state index contributed by atoms with van der Waals surface area (Å²) >= 11 is 0. The van der Waals surface area contributed by atoms with Crippen LogP contribution in [0.3, 0.4) is 0 Å². The van der Waals surface area contributed by atoms with E-state index < -0.39 is 10.0 Å². The molecule has 0 aliphatic rings. The van der Waals surface area contributed by atoms with Gasteiger partial charge in [0.05, 0.1) is 11.5 Å². The number of ether oxygens (including phenoxy) is 1. The molecule has 0 aromatic heterocycles. The Hall–Kier alpha value is -1.11. The van der Waals surface area contributed by atoms with Crippen molar-refractivity contribution in [3.8, 4) is 0 Å². The van der Waals surface area contributed by atoms with Crippen molar-refractivity contribution in [2.24, 2.45) is 0 Å². The van der Waals surface area contributed by atoms with E-state index in [1.807, 2.05) is 20.8 Å². The molecule has 114 valence electrons. The van der Waals surface area contributed by atoms with Gasteiger partial charge < -0.3 is 10.1 Å². The lowest BCUT2D eigenvalue weighted by molar-refractivity contribution is 0.171. The highest BCUT2D eigenvalue weighted by Crippen LogP contribution is 2.20. The molecule has 0 amide bonds. The van der Waals surface area contributed by atoms with Gasteiger partial charge in [-0.1, -0.05) is 0 Å². The van der Waals surface area contributed by atoms with Crippen molar-refractivity contribution in [3.63, 3.8) is 0 Å². The average Bonchev–Trinajstić information content (AvgIpc) is 2.39. The second-order valence-electron chi connectivity index (χ2n) is 4.76. The number of nitrogens with zero attached hydrogens (tertiary/aromatic N) is 1. The summed E-state index contributed by atoms with van der Waals surface area (Å²) in [6.07, 6.45) is 0. The molecule has 0 saturated carbocycles. The quantitative estimate of drug-likeness (QED) is 0.799. The van der Waals surface area contributed by atoms with Crippen LogP contribution in [-0.4, -0.2) is 45.6 Å². The van der Waals surface area contributed by atoms with E-state index in [0.29, 0.717) is 18.0 Å². The van der Waals surface area contributed by atoms with Crippen molar-refractivity contribution in [1.82, 2.24) is 4.31 Å². The summed E-state index contributed by atoms with van der Waals surface area (Å²) in [7, 11) is -1.91. The van der Waals surface area contributed by atoms with Crippen molar-refractivity contribution in [3.05, 3.63) is 24.3 Å². The third-order valence-corrected chi connectivity index (χ3v) is 5.02. The molecule has 0 spiro atoms. The summed E-state index contributed by atoms with van der Waals surface area (Å²) in [4.78, 5) is 0.309. The lowest BCUT2D eigenvalue weighted by Gasteiger charge is -2.25. The maximum absolute atomic E-state index is 12.6. The number of benzene rings is 1. The molecule has 6 heteroatoms. The first-order valence-electron chi connectivity index (χ1n) is 6.78. The fourth-order valence-electron chi connectivity index (χ4n) is 1.92. The molecule has 0 saturated heterocycles. The highest BCUT2D eigenvalue weighted by atomic mass is 32.2. The summed E-state index contributed by atoms with van der Waals surface area (Å²) in [6, 6.07) is 6.73. The van der Waals surface area contributed by atoms with Gasteiger partial charge in [0.15, 0.2) is 0 Å². The van der Waals surface area contributed by atoms with Crippen LogP contribution < -0.4 is 5.32 Å². The maximum Gasteiger partial charge on any atom is 0.243 e. The molecule has 1 N–H and O–H groups in total. The molecule has 5 nitrogen and oxygen atoms in total. The van der Waals surface area contributed by atoms with Gasteiger partial charge in [0.1, 0.15) is 0 Å². The molecule has 0 bridgehead atoms. The Balaban J connectivity index is 3.00. The first kappa shape index (κ1) is 16.9. The number of hydrogen-bond acceptors (Lipinski definition) is 4. The van der Waals surface area contributed by atoms with Crippen LogP contribution in [0.1, 0.15) is 20.8 Å². The zero-order chi connectivity index (χ0) is 15.2. The van der Waals surface area contributed by atoms with E-state index >= 15 is 0 Å². The number of hydrogen-bond donors (Lipinski definition) is 1. The summed E-state index contributed by atoms with van der Waals surface area (Å²) in [5.41, 5.74) is 0.916. The third-order valence-electron chi connectivity index (χ3n) is 2.93. The normalized spacial score (nSPS) is 12.1. The number of sulfonamides is 1. The topological polar surface area (TPSA) is 58.6 Å². The smallest absolute Gasteiger partial charge is 0.243 e. The SMILES string of the molecule is CCNc1ccc(S(=O)(=O)N(CCOC)C(C)C)cc1. The standard InChI is InChI=1S/C14H24N2O3S/c1-5-15-13-6-8-14(9-7-13)20(17,18)16(12(2)3)10-11-19-4/h6-9,12,15H,5,10-11H2,1-4H3. The summed E-state index contributed by atoms with van der Waals surface area (Å²) in [5, 5.41) is 3.14. The third kappa shape index (κ3) is 4.19. The fourth-order valence-corrected chi connectivity index (χ4v) is 3.54. The second-order valence-corrected chi connectivity index (χ2v) is 6.65. The Labute approximate surface area is 122 Å². The molecule has 1 aromatic rings. The van der Waals surface area contributed by atoms with Gasteiger partial charge in [-0.3, -0.25) is 0 Å². The Morgan fingerprint density at radius 3 is 2.30 bits per heavy atom. The van der Waals surface area contributed by atoms with E-state index in [9.17, 15) is 8.42 Å². The molecule has 0 fully saturated rings. The van der Waals surface area contributed by atoms with Crippen molar-refractivity contribution < 1.29 is 13.2 Å². The Morgan fingerprint density at radius 1 is 1.25 bits per heavy atom. The predicted octanol–water partition coefficient (Wildman–Crippen LogP) is 2.16. The molecule has 1 rings (SSSR count). The van der Waals surface area contributed by atoms with Crippen molar-refractivity contribution in [1.29, 1.82) is 0 Å². The predicted molar refractivity (Wildman–Crippen MR) is 81.5 cm³/mol. The average molecular weight is 300 g/mol. The molecule has 1 aromatic carbocycles. The lowest BCUT2D eigenvalue weighted by Crippen LogP contribution is -2.39. The Morgan fingerprint density at radius 2 is 1.85 bits per heavy atom. The Kier molecular flexibility index (Phi) is 6.45. The zero-order valence-electron chi connectivity index (χ0n) is 12.6. The summed E-state index contributed by atoms with van der Waals surface area (Å²) in [5.74, 6) is 0. The second kappa shape index (κ2) is 7.61. The van der Waals surface area contributed by atoms with Crippen molar-refractivity contribution in [2.75, 3.05) is 32.1 Å². The molecule has 0 aliphatic carbocycles. The minimum atomic E-state index is -3.48. The molecular formula is C14H24N2O3S. The van der Waals surface area contributed by atoms with Gasteiger partial charge in [0.25, 0.3) is 0 Å². The van der Waals surface area contributed by atoms with Gasteiger partial charge in [0, 0.05) is 31.9 Å². The van der Waals surface area contributed by atoms with Crippen LogP contribution in [0.15, 0.2) is 29.2 Å². The van der Waals surface area contributed by atoms with Crippen LogP contribution in [0.2, 0.25) is 0 Å². The highest BCUT2D eigenvalue weighted by molar-refractivity contribution is 7.89. The Bertz CT molecular complexity index is 498. The number of rotatable bonds is 8. The molecule has 0 unspecified atom stereocenters. The molecular weight excluding hydrogens is 276 g/mol. The number of nitrogens with one attached hydrogen (secondary N) is 1. The molecule has 20 heavy (non-hydrogen) atoms. The molecule has 0 atom stereocenters. The van der Waals surface area contributed by atoms with Crippen LogP contribution in [0.4, 0.5) is 5.69 Å². The summed E-state index contributed by atoms with van der Waals surface area (Å²) < 4.78 is 31.6. The van der Waals surface area contributed by atoms with Crippen molar-refractivity contribution in [2.45, 2.75) is 31.7 Å². The van der Waals surface area contributed by atoms with Gasteiger partial charge in [-0.25, -0.2) is 8.42 Å². The van der Waals surface area contributed by atoms with E-state index in [1.54, 1.807) is 31.4 Å². The summed E-state index contributed by atoms with van der Waals surface area (Å²) in [6.45, 7) is 7.26. The van der Waals surface area contributed by atoms with Crippen molar-refractivity contribution >= 4 is 15.7 Å². The van der Waals surface area contributed by atoms with E-state index in [4.69, 9.17) is 4.74 Å². The maximum atomic E-state index is 12.6. The van der Waals surface area contributed by atoms with Gasteiger partial charge in [0.2, 0.25) is 10.0 Å². The number of anilines is 1. The number of methoxy groups -OCH3 is 1. The van der Waals surface area contributed by atoms with Crippen LogP contribution in [0, 0.1) is 0 Å². The van der Waals surface area contributed by atoms with Gasteiger partial charge in [-0.2, -0.15) is 4.31 Å². The van der Waals surface area contributed by atoms with Crippen LogP contribution in [0.5, 0.6) is 0 Å². The van der Waals surface area contributed by atoms with Gasteiger partial charge in [-0.05, 0) is 45.0 Å². The van der Waals surface area contributed by atoms with E-state index in [2.05, 4.69) is 5.32 Å². The fraction of sp³-hybridized carbons (Fsp3) is 0.571. The van der Waals surface area contributed by atoms with Crippen LogP contribution in [0.25, 0.3) is 0 Å². The largest absolute Gasteiger partial charge is 0.385 e.